The maximum absolute atomic E-state index is 11.9. The number of nitrogens with one attached hydrogen (secondary N) is 1. The van der Waals surface area contributed by atoms with Crippen LogP contribution in [0.3, 0.4) is 0 Å². The number of carbonyl (C=O) groups excluding carboxylic acids is 1. The summed E-state index contributed by atoms with van der Waals surface area (Å²) in [5, 5.41) is 4.59. The second kappa shape index (κ2) is 6.56. The molecule has 1 N–H and O–H groups in total. The van der Waals surface area contributed by atoms with Crippen LogP contribution in [-0.4, -0.2) is 16.7 Å². The van der Waals surface area contributed by atoms with Gasteiger partial charge in [0.15, 0.2) is 0 Å². The van der Waals surface area contributed by atoms with E-state index in [0.717, 1.165) is 0 Å². The Morgan fingerprint density at radius 3 is 2.57 bits per heavy atom. The molecule has 0 saturated heterocycles. The molecule has 0 radical (unpaired) electrons. The van der Waals surface area contributed by atoms with Crippen molar-refractivity contribution >= 4 is 35.3 Å². The lowest BCUT2D eigenvalue weighted by Crippen LogP contribution is -2.29. The molecule has 5 nitrogen and oxygen atoms in total. The Labute approximate surface area is 130 Å². The van der Waals surface area contributed by atoms with Crippen LogP contribution in [0.2, 0.25) is 10.0 Å². The van der Waals surface area contributed by atoms with Crippen LogP contribution in [0, 0.1) is 0 Å². The number of carbonyl (C=O) groups is 1. The first kappa shape index (κ1) is 15.3. The summed E-state index contributed by atoms with van der Waals surface area (Å²) in [6.07, 6.45) is 2.89. The van der Waals surface area contributed by atoms with Crippen LogP contribution in [0.5, 0.6) is 0 Å². The van der Waals surface area contributed by atoms with Gasteiger partial charge in [-0.1, -0.05) is 29.3 Å². The monoisotopic (exact) mass is 323 g/mol. The number of amides is 1. The molecule has 2 aromatic rings. The number of hydrogen-bond acceptors (Lipinski definition) is 3. The zero-order chi connectivity index (χ0) is 15.4. The highest BCUT2D eigenvalue weighted by Crippen LogP contribution is 2.21. The van der Waals surface area contributed by atoms with Crippen molar-refractivity contribution in [3.63, 3.8) is 0 Å². The first-order chi connectivity index (χ1) is 10.0. The standard InChI is InChI=1S/C14H11Cl2N3O2/c1-19-7-3-4-9(14(19)21)13(20)18-17-8-10-11(15)5-2-6-12(10)16/h2-8H,1H3,(H,18,20)/b17-8-. The third-order valence-corrected chi connectivity index (χ3v) is 3.39. The molecule has 21 heavy (non-hydrogen) atoms. The zero-order valence-electron chi connectivity index (χ0n) is 11.0. The molecule has 0 bridgehead atoms. The van der Waals surface area contributed by atoms with Crippen molar-refractivity contribution in [2.45, 2.75) is 0 Å². The number of halogens is 2. The van der Waals surface area contributed by atoms with Gasteiger partial charge in [0.25, 0.3) is 11.5 Å². The fourth-order valence-corrected chi connectivity index (χ4v) is 2.11. The molecule has 0 saturated carbocycles. The maximum atomic E-state index is 11.9. The number of benzene rings is 1. The number of aromatic nitrogens is 1. The highest BCUT2D eigenvalue weighted by atomic mass is 35.5. The van der Waals surface area contributed by atoms with Gasteiger partial charge >= 0.3 is 0 Å². The molecule has 1 aromatic carbocycles. The van der Waals surface area contributed by atoms with Gasteiger partial charge in [0.1, 0.15) is 5.56 Å². The van der Waals surface area contributed by atoms with E-state index in [2.05, 4.69) is 10.5 Å². The average molecular weight is 324 g/mol. The average Bonchev–Trinajstić information content (AvgIpc) is 2.45. The summed E-state index contributed by atoms with van der Waals surface area (Å²) < 4.78 is 1.31. The van der Waals surface area contributed by atoms with E-state index in [9.17, 15) is 9.59 Å². The first-order valence-electron chi connectivity index (χ1n) is 5.94. The minimum absolute atomic E-state index is 0.00223. The van der Waals surface area contributed by atoms with Gasteiger partial charge in [0.2, 0.25) is 0 Å². The highest BCUT2D eigenvalue weighted by Gasteiger charge is 2.10. The van der Waals surface area contributed by atoms with Gasteiger partial charge in [0, 0.05) is 18.8 Å². The summed E-state index contributed by atoms with van der Waals surface area (Å²) in [4.78, 5) is 23.6. The molecule has 0 unspecified atom stereocenters. The number of pyridine rings is 1. The number of hydrazone groups is 1. The van der Waals surface area contributed by atoms with Gasteiger partial charge in [-0.05, 0) is 24.3 Å². The fraction of sp³-hybridized carbons (Fsp3) is 0.0714. The Bertz CT molecular complexity index is 749. The molecule has 1 amide bonds. The van der Waals surface area contributed by atoms with Crippen LogP contribution < -0.4 is 11.0 Å². The van der Waals surface area contributed by atoms with E-state index in [1.165, 1.54) is 16.8 Å². The molecule has 2 rings (SSSR count). The predicted octanol–water partition coefficient (Wildman–Crippen LogP) is 2.46. The molecule has 0 fully saturated rings. The highest BCUT2D eigenvalue weighted by molar-refractivity contribution is 6.38. The lowest BCUT2D eigenvalue weighted by molar-refractivity contribution is 0.0953. The van der Waals surface area contributed by atoms with E-state index in [-0.39, 0.29) is 5.56 Å². The Hall–Kier alpha value is -2.11. The van der Waals surface area contributed by atoms with Crippen LogP contribution in [0.1, 0.15) is 15.9 Å². The van der Waals surface area contributed by atoms with Crippen LogP contribution in [0.15, 0.2) is 46.4 Å². The van der Waals surface area contributed by atoms with Gasteiger partial charge in [-0.3, -0.25) is 9.59 Å². The van der Waals surface area contributed by atoms with E-state index in [0.29, 0.717) is 15.6 Å². The molecular weight excluding hydrogens is 313 g/mol. The van der Waals surface area contributed by atoms with Crippen molar-refractivity contribution < 1.29 is 4.79 Å². The summed E-state index contributed by atoms with van der Waals surface area (Å²) in [6, 6.07) is 8.04. The van der Waals surface area contributed by atoms with E-state index in [4.69, 9.17) is 23.2 Å². The van der Waals surface area contributed by atoms with Gasteiger partial charge in [0.05, 0.1) is 16.3 Å². The first-order valence-corrected chi connectivity index (χ1v) is 6.69. The van der Waals surface area contributed by atoms with Gasteiger partial charge in [-0.25, -0.2) is 5.43 Å². The van der Waals surface area contributed by atoms with Crippen LogP contribution in [-0.2, 0) is 7.05 Å². The smallest absolute Gasteiger partial charge is 0.276 e. The maximum Gasteiger partial charge on any atom is 0.276 e. The van der Waals surface area contributed by atoms with Gasteiger partial charge in [-0.2, -0.15) is 5.10 Å². The molecule has 1 heterocycles. The van der Waals surface area contributed by atoms with E-state index in [1.54, 1.807) is 37.5 Å². The van der Waals surface area contributed by atoms with E-state index in [1.807, 2.05) is 0 Å². The molecule has 0 spiro atoms. The minimum Gasteiger partial charge on any atom is -0.318 e. The molecule has 0 aliphatic carbocycles. The third-order valence-electron chi connectivity index (χ3n) is 2.73. The summed E-state index contributed by atoms with van der Waals surface area (Å²) >= 11 is 11.9. The minimum atomic E-state index is -0.601. The predicted molar refractivity (Wildman–Crippen MR) is 83.2 cm³/mol. The summed E-state index contributed by atoms with van der Waals surface area (Å²) in [5.41, 5.74) is 2.36. The van der Waals surface area contributed by atoms with Crippen LogP contribution in [0.4, 0.5) is 0 Å². The van der Waals surface area contributed by atoms with Crippen LogP contribution >= 0.6 is 23.2 Å². The van der Waals surface area contributed by atoms with Crippen molar-refractivity contribution in [1.29, 1.82) is 0 Å². The molecule has 0 aliphatic rings. The lowest BCUT2D eigenvalue weighted by atomic mass is 10.2. The molecule has 0 aliphatic heterocycles. The Morgan fingerprint density at radius 1 is 1.24 bits per heavy atom. The quantitative estimate of drug-likeness (QED) is 0.696. The number of hydrogen-bond donors (Lipinski definition) is 1. The normalized spacial score (nSPS) is 10.8. The molecular formula is C14H11Cl2N3O2. The Kier molecular flexibility index (Phi) is 4.77. The Balaban J connectivity index is 2.16. The topological polar surface area (TPSA) is 63.5 Å². The van der Waals surface area contributed by atoms with Crippen molar-refractivity contribution in [2.75, 3.05) is 0 Å². The zero-order valence-corrected chi connectivity index (χ0v) is 12.5. The molecule has 0 atom stereocenters. The van der Waals surface area contributed by atoms with Gasteiger partial charge in [-0.15, -0.1) is 0 Å². The van der Waals surface area contributed by atoms with Crippen molar-refractivity contribution in [1.82, 2.24) is 9.99 Å². The third kappa shape index (κ3) is 3.51. The second-order valence-corrected chi connectivity index (χ2v) is 4.99. The van der Waals surface area contributed by atoms with Gasteiger partial charge < -0.3 is 4.57 Å². The van der Waals surface area contributed by atoms with E-state index < -0.39 is 11.5 Å². The number of rotatable bonds is 3. The molecule has 7 heteroatoms. The summed E-state index contributed by atoms with van der Waals surface area (Å²) in [5.74, 6) is -0.601. The van der Waals surface area contributed by atoms with E-state index >= 15 is 0 Å². The summed E-state index contributed by atoms with van der Waals surface area (Å²) in [6.45, 7) is 0. The largest absolute Gasteiger partial charge is 0.318 e. The molecule has 1 aromatic heterocycles. The van der Waals surface area contributed by atoms with Crippen molar-refractivity contribution in [3.8, 4) is 0 Å². The number of aryl methyl sites for hydroxylation is 1. The summed E-state index contributed by atoms with van der Waals surface area (Å²) in [7, 11) is 1.56. The van der Waals surface area contributed by atoms with Crippen molar-refractivity contribution in [3.05, 3.63) is 68.1 Å². The van der Waals surface area contributed by atoms with Crippen LogP contribution in [0.25, 0.3) is 0 Å². The Morgan fingerprint density at radius 2 is 1.90 bits per heavy atom. The number of nitrogens with zero attached hydrogens (tertiary/aromatic N) is 2. The fourth-order valence-electron chi connectivity index (χ4n) is 1.62. The second-order valence-electron chi connectivity index (χ2n) is 4.17. The van der Waals surface area contributed by atoms with Crippen molar-refractivity contribution in [2.24, 2.45) is 12.1 Å². The molecule has 108 valence electrons. The lowest BCUT2D eigenvalue weighted by Gasteiger charge is -2.02. The SMILES string of the molecule is Cn1cccc(C(=O)N/N=C\c2c(Cl)cccc2Cl)c1=O.